The number of phenolic OH excluding ortho intramolecular Hbond substituents is 1. The van der Waals surface area contributed by atoms with Gasteiger partial charge in [0.15, 0.2) is 0 Å². The van der Waals surface area contributed by atoms with Gasteiger partial charge in [-0.15, -0.1) is 0 Å². The molecule has 1 aliphatic heterocycles. The van der Waals surface area contributed by atoms with Crippen molar-refractivity contribution < 1.29 is 9.84 Å². The molecule has 104 valence electrons. The molecule has 3 rings (SSSR count). The predicted molar refractivity (Wildman–Crippen MR) is 78.9 cm³/mol. The third kappa shape index (κ3) is 2.84. The molecule has 0 radical (unpaired) electrons. The molecular weight excluding hydrogens is 250 g/mol. The van der Waals surface area contributed by atoms with Crippen molar-refractivity contribution in [2.45, 2.75) is 12.5 Å². The van der Waals surface area contributed by atoms with Crippen LogP contribution in [0.25, 0.3) is 0 Å². The lowest BCUT2D eigenvalue weighted by atomic mass is 9.94. The predicted octanol–water partition coefficient (Wildman–Crippen LogP) is 2.64. The molecule has 1 heterocycles. The van der Waals surface area contributed by atoms with Crippen molar-refractivity contribution in [2.75, 3.05) is 19.8 Å². The van der Waals surface area contributed by atoms with Gasteiger partial charge in [-0.05, 0) is 17.2 Å². The molecular formula is C17H19NO2. The van der Waals surface area contributed by atoms with E-state index in [2.05, 4.69) is 23.5 Å². The van der Waals surface area contributed by atoms with E-state index in [-0.39, 0.29) is 6.04 Å². The SMILES string of the molecule is Oc1cccc(C2COCCN2)c1Cc1ccccc1. The van der Waals surface area contributed by atoms with Crippen molar-refractivity contribution in [2.24, 2.45) is 0 Å². The highest BCUT2D eigenvalue weighted by Crippen LogP contribution is 2.29. The van der Waals surface area contributed by atoms with Crippen LogP contribution in [0.3, 0.4) is 0 Å². The topological polar surface area (TPSA) is 41.5 Å². The zero-order valence-corrected chi connectivity index (χ0v) is 11.4. The molecule has 1 atom stereocenters. The lowest BCUT2D eigenvalue weighted by molar-refractivity contribution is 0.0766. The number of ether oxygens (including phenoxy) is 1. The first kappa shape index (κ1) is 13.2. The van der Waals surface area contributed by atoms with Crippen molar-refractivity contribution in [1.82, 2.24) is 5.32 Å². The minimum Gasteiger partial charge on any atom is -0.508 e. The number of hydrogen-bond acceptors (Lipinski definition) is 3. The van der Waals surface area contributed by atoms with Gasteiger partial charge in [0.25, 0.3) is 0 Å². The van der Waals surface area contributed by atoms with Crippen LogP contribution in [0.2, 0.25) is 0 Å². The summed E-state index contributed by atoms with van der Waals surface area (Å²) in [5.74, 6) is 0.360. The van der Waals surface area contributed by atoms with Crippen molar-refractivity contribution in [1.29, 1.82) is 0 Å². The molecule has 0 aliphatic carbocycles. The van der Waals surface area contributed by atoms with Gasteiger partial charge in [0.2, 0.25) is 0 Å². The smallest absolute Gasteiger partial charge is 0.119 e. The molecule has 2 aromatic rings. The van der Waals surface area contributed by atoms with Crippen LogP contribution in [0.1, 0.15) is 22.7 Å². The Bertz CT molecular complexity index is 562. The second-order valence-corrected chi connectivity index (χ2v) is 5.09. The van der Waals surface area contributed by atoms with Crippen molar-refractivity contribution >= 4 is 0 Å². The highest BCUT2D eigenvalue weighted by Gasteiger charge is 2.20. The van der Waals surface area contributed by atoms with Crippen LogP contribution in [0, 0.1) is 0 Å². The second kappa shape index (κ2) is 6.07. The molecule has 3 nitrogen and oxygen atoms in total. The van der Waals surface area contributed by atoms with Crippen LogP contribution in [0.4, 0.5) is 0 Å². The minimum absolute atomic E-state index is 0.162. The van der Waals surface area contributed by atoms with E-state index in [4.69, 9.17) is 4.74 Å². The summed E-state index contributed by atoms with van der Waals surface area (Å²) >= 11 is 0. The maximum Gasteiger partial charge on any atom is 0.119 e. The van der Waals surface area contributed by atoms with Crippen LogP contribution in [0.5, 0.6) is 5.75 Å². The normalized spacial score (nSPS) is 18.9. The van der Waals surface area contributed by atoms with E-state index >= 15 is 0 Å². The Balaban J connectivity index is 1.92. The van der Waals surface area contributed by atoms with E-state index < -0.39 is 0 Å². The van der Waals surface area contributed by atoms with Crippen LogP contribution in [0.15, 0.2) is 48.5 Å². The van der Waals surface area contributed by atoms with E-state index in [0.29, 0.717) is 12.4 Å². The Morgan fingerprint density at radius 3 is 2.70 bits per heavy atom. The molecule has 0 amide bonds. The molecule has 0 saturated carbocycles. The van der Waals surface area contributed by atoms with Crippen molar-refractivity contribution in [3.05, 3.63) is 65.2 Å². The zero-order chi connectivity index (χ0) is 13.8. The van der Waals surface area contributed by atoms with Crippen molar-refractivity contribution in [3.8, 4) is 5.75 Å². The first-order valence-corrected chi connectivity index (χ1v) is 7.00. The van der Waals surface area contributed by atoms with Gasteiger partial charge in [-0.1, -0.05) is 42.5 Å². The van der Waals surface area contributed by atoms with Crippen LogP contribution < -0.4 is 5.32 Å². The maximum atomic E-state index is 10.2. The zero-order valence-electron chi connectivity index (χ0n) is 11.4. The summed E-state index contributed by atoms with van der Waals surface area (Å²) in [6, 6.07) is 16.1. The van der Waals surface area contributed by atoms with Crippen LogP contribution in [-0.2, 0) is 11.2 Å². The summed E-state index contributed by atoms with van der Waals surface area (Å²) in [4.78, 5) is 0. The molecule has 2 aromatic carbocycles. The average Bonchev–Trinajstić information content (AvgIpc) is 2.51. The molecule has 1 unspecified atom stereocenters. The van der Waals surface area contributed by atoms with Gasteiger partial charge in [0.05, 0.1) is 19.3 Å². The Morgan fingerprint density at radius 2 is 1.95 bits per heavy atom. The lowest BCUT2D eigenvalue weighted by Crippen LogP contribution is -2.35. The van der Waals surface area contributed by atoms with Crippen LogP contribution >= 0.6 is 0 Å². The molecule has 2 N–H and O–H groups in total. The number of hydrogen-bond donors (Lipinski definition) is 2. The van der Waals surface area contributed by atoms with Gasteiger partial charge in [0.1, 0.15) is 5.75 Å². The fourth-order valence-electron chi connectivity index (χ4n) is 2.68. The molecule has 3 heteroatoms. The maximum absolute atomic E-state index is 10.2. The number of morpholine rings is 1. The Kier molecular flexibility index (Phi) is 4.00. The fourth-order valence-corrected chi connectivity index (χ4v) is 2.68. The molecule has 0 bridgehead atoms. The standard InChI is InChI=1S/C17H19NO2/c19-17-8-4-7-14(16-12-20-10-9-18-16)15(17)11-13-5-2-1-3-6-13/h1-8,16,18-19H,9-12H2. The van der Waals surface area contributed by atoms with E-state index in [1.165, 1.54) is 5.56 Å². The van der Waals surface area contributed by atoms with Gasteiger partial charge in [0, 0.05) is 18.5 Å². The third-order valence-corrected chi connectivity index (χ3v) is 3.71. The van der Waals surface area contributed by atoms with Gasteiger partial charge < -0.3 is 15.2 Å². The largest absolute Gasteiger partial charge is 0.508 e. The van der Waals surface area contributed by atoms with E-state index in [9.17, 15) is 5.11 Å². The number of rotatable bonds is 3. The quantitative estimate of drug-likeness (QED) is 0.900. The molecule has 1 aliphatic rings. The Morgan fingerprint density at radius 1 is 1.10 bits per heavy atom. The number of phenols is 1. The molecule has 1 saturated heterocycles. The van der Waals surface area contributed by atoms with Gasteiger partial charge in [-0.25, -0.2) is 0 Å². The van der Waals surface area contributed by atoms with E-state index in [0.717, 1.165) is 30.7 Å². The highest BCUT2D eigenvalue weighted by atomic mass is 16.5. The fraction of sp³-hybridized carbons (Fsp3) is 0.294. The average molecular weight is 269 g/mol. The van der Waals surface area contributed by atoms with Gasteiger partial charge in [-0.3, -0.25) is 0 Å². The van der Waals surface area contributed by atoms with Crippen molar-refractivity contribution in [3.63, 3.8) is 0 Å². The molecule has 1 fully saturated rings. The first-order valence-electron chi connectivity index (χ1n) is 7.00. The summed E-state index contributed by atoms with van der Waals surface area (Å²) in [5.41, 5.74) is 3.32. The van der Waals surface area contributed by atoms with Crippen LogP contribution in [-0.4, -0.2) is 24.9 Å². The van der Waals surface area contributed by atoms with Gasteiger partial charge in [-0.2, -0.15) is 0 Å². The summed E-state index contributed by atoms with van der Waals surface area (Å²) in [6.45, 7) is 2.26. The van der Waals surface area contributed by atoms with E-state index in [1.807, 2.05) is 24.3 Å². The number of nitrogens with one attached hydrogen (secondary N) is 1. The molecule has 0 spiro atoms. The number of aromatic hydroxyl groups is 1. The summed E-state index contributed by atoms with van der Waals surface area (Å²) < 4.78 is 5.54. The van der Waals surface area contributed by atoms with Gasteiger partial charge >= 0.3 is 0 Å². The summed E-state index contributed by atoms with van der Waals surface area (Å²) in [7, 11) is 0. The third-order valence-electron chi connectivity index (χ3n) is 3.71. The summed E-state index contributed by atoms with van der Waals surface area (Å²) in [5, 5.41) is 13.7. The Labute approximate surface area is 119 Å². The second-order valence-electron chi connectivity index (χ2n) is 5.09. The van der Waals surface area contributed by atoms with E-state index in [1.54, 1.807) is 6.07 Å². The monoisotopic (exact) mass is 269 g/mol. The first-order chi connectivity index (χ1) is 9.84. The summed E-state index contributed by atoms with van der Waals surface area (Å²) in [6.07, 6.45) is 0.737. The minimum atomic E-state index is 0.162. The highest BCUT2D eigenvalue weighted by molar-refractivity contribution is 5.44. The lowest BCUT2D eigenvalue weighted by Gasteiger charge is -2.26. The molecule has 0 aromatic heterocycles. The Hall–Kier alpha value is -1.84. The number of benzene rings is 2. The molecule has 20 heavy (non-hydrogen) atoms.